The van der Waals surface area contributed by atoms with Crippen molar-refractivity contribution in [3.8, 4) is 0 Å². The summed E-state index contributed by atoms with van der Waals surface area (Å²) in [6, 6.07) is 7.99. The maximum atomic E-state index is 11.9. The number of hydrogen-bond donors (Lipinski definition) is 0. The van der Waals surface area contributed by atoms with Crippen LogP contribution in [0.25, 0.3) is 0 Å². The Morgan fingerprint density at radius 2 is 2.00 bits per heavy atom. The van der Waals surface area contributed by atoms with Crippen molar-refractivity contribution in [1.29, 1.82) is 0 Å². The lowest BCUT2D eigenvalue weighted by Gasteiger charge is -2.02. The van der Waals surface area contributed by atoms with E-state index in [2.05, 4.69) is 4.98 Å². The molecule has 82 valence electrons. The van der Waals surface area contributed by atoms with Gasteiger partial charge in [-0.25, -0.2) is 4.98 Å². The summed E-state index contributed by atoms with van der Waals surface area (Å²) in [6.07, 6.45) is 3.83. The third kappa shape index (κ3) is 2.19. The summed E-state index contributed by atoms with van der Waals surface area (Å²) in [6.45, 7) is 2.03. The molecule has 0 aliphatic rings. The molecule has 16 heavy (non-hydrogen) atoms. The number of nitrogens with zero attached hydrogens (tertiary/aromatic N) is 2. The van der Waals surface area contributed by atoms with Crippen LogP contribution in [0.5, 0.6) is 0 Å². The van der Waals surface area contributed by atoms with Crippen LogP contribution in [-0.2, 0) is 13.5 Å². The molecule has 1 aromatic carbocycles. The van der Waals surface area contributed by atoms with Gasteiger partial charge >= 0.3 is 0 Å². The predicted molar refractivity (Wildman–Crippen MR) is 62.4 cm³/mol. The molecule has 0 aliphatic heterocycles. The number of carbonyl (C=O) groups excluding carboxylic acids is 1. The Morgan fingerprint density at radius 1 is 1.31 bits per heavy atom. The highest BCUT2D eigenvalue weighted by molar-refractivity contribution is 5.94. The van der Waals surface area contributed by atoms with Crippen molar-refractivity contribution in [2.75, 3.05) is 0 Å². The van der Waals surface area contributed by atoms with E-state index in [4.69, 9.17) is 0 Å². The monoisotopic (exact) mass is 214 g/mol. The Balaban J connectivity index is 2.14. The Labute approximate surface area is 94.7 Å². The molecule has 1 heterocycles. The fraction of sp³-hybridized carbons (Fsp3) is 0.231. The topological polar surface area (TPSA) is 34.9 Å². The molecule has 0 bridgehead atoms. The maximum Gasteiger partial charge on any atom is 0.202 e. The number of ketones is 1. The van der Waals surface area contributed by atoms with Crippen molar-refractivity contribution < 1.29 is 4.79 Å². The number of benzene rings is 1. The first-order chi connectivity index (χ1) is 7.66. The van der Waals surface area contributed by atoms with Gasteiger partial charge in [0, 0.05) is 25.9 Å². The summed E-state index contributed by atoms with van der Waals surface area (Å²) in [7, 11) is 1.83. The number of Topliss-reactive ketones (excluding diaryl/α,β-unsaturated/α-hetero) is 1. The van der Waals surface area contributed by atoms with Crippen molar-refractivity contribution in [2.45, 2.75) is 13.3 Å². The van der Waals surface area contributed by atoms with Crippen LogP contribution in [0.1, 0.15) is 21.7 Å². The van der Waals surface area contributed by atoms with Crippen molar-refractivity contribution in [3.05, 3.63) is 53.6 Å². The van der Waals surface area contributed by atoms with Gasteiger partial charge in [-0.15, -0.1) is 0 Å². The summed E-state index contributed by atoms with van der Waals surface area (Å²) in [5, 5.41) is 0. The summed E-state index contributed by atoms with van der Waals surface area (Å²) < 4.78 is 1.75. The van der Waals surface area contributed by atoms with Crippen molar-refractivity contribution in [3.63, 3.8) is 0 Å². The normalized spacial score (nSPS) is 10.4. The first kappa shape index (κ1) is 10.6. The molecular weight excluding hydrogens is 200 g/mol. The first-order valence-electron chi connectivity index (χ1n) is 5.23. The van der Waals surface area contributed by atoms with E-state index in [-0.39, 0.29) is 5.78 Å². The molecule has 2 aromatic rings. The van der Waals surface area contributed by atoms with E-state index < -0.39 is 0 Å². The van der Waals surface area contributed by atoms with Gasteiger partial charge in [-0.1, -0.05) is 29.8 Å². The lowest BCUT2D eigenvalue weighted by molar-refractivity contribution is 0.0980. The number of carbonyl (C=O) groups is 1. The highest BCUT2D eigenvalue weighted by Crippen LogP contribution is 2.07. The highest BCUT2D eigenvalue weighted by atomic mass is 16.1. The molecule has 0 saturated heterocycles. The molecule has 0 unspecified atom stereocenters. The number of aryl methyl sites for hydroxylation is 2. The van der Waals surface area contributed by atoms with Crippen LogP contribution >= 0.6 is 0 Å². The molecule has 3 heteroatoms. The zero-order valence-electron chi connectivity index (χ0n) is 9.47. The van der Waals surface area contributed by atoms with E-state index in [1.807, 2.05) is 38.2 Å². The minimum Gasteiger partial charge on any atom is -0.332 e. The second-order valence-corrected chi connectivity index (χ2v) is 3.95. The van der Waals surface area contributed by atoms with Gasteiger partial charge in [-0.2, -0.15) is 0 Å². The third-order valence-corrected chi connectivity index (χ3v) is 2.56. The van der Waals surface area contributed by atoms with Crippen LogP contribution in [-0.4, -0.2) is 15.3 Å². The van der Waals surface area contributed by atoms with Gasteiger partial charge in [-0.05, 0) is 12.5 Å². The molecule has 0 amide bonds. The molecule has 0 fully saturated rings. The lowest BCUT2D eigenvalue weighted by atomic mass is 10.1. The summed E-state index contributed by atoms with van der Waals surface area (Å²) in [5.74, 6) is 0.567. The Bertz CT molecular complexity index is 497. The van der Waals surface area contributed by atoms with E-state index in [0.29, 0.717) is 12.2 Å². The standard InChI is InChI=1S/C13H14N2O/c1-10-3-5-11(6-4-10)9-12(16)13-14-7-8-15(13)2/h3-8H,9H2,1-2H3. The summed E-state index contributed by atoms with van der Waals surface area (Å²) in [5.41, 5.74) is 2.23. The van der Waals surface area contributed by atoms with E-state index in [0.717, 1.165) is 5.56 Å². The zero-order valence-corrected chi connectivity index (χ0v) is 9.47. The minimum absolute atomic E-state index is 0.0522. The Kier molecular flexibility index (Phi) is 2.86. The van der Waals surface area contributed by atoms with Crippen molar-refractivity contribution in [2.24, 2.45) is 7.05 Å². The minimum atomic E-state index is 0.0522. The van der Waals surface area contributed by atoms with Gasteiger partial charge in [0.25, 0.3) is 0 Å². The van der Waals surface area contributed by atoms with Gasteiger partial charge in [0.15, 0.2) is 5.82 Å². The number of aromatic nitrogens is 2. The van der Waals surface area contributed by atoms with E-state index in [1.54, 1.807) is 17.0 Å². The molecule has 3 nitrogen and oxygen atoms in total. The van der Waals surface area contributed by atoms with Crippen molar-refractivity contribution in [1.82, 2.24) is 9.55 Å². The molecular formula is C13H14N2O. The van der Waals surface area contributed by atoms with Crippen LogP contribution < -0.4 is 0 Å². The van der Waals surface area contributed by atoms with Gasteiger partial charge in [0.2, 0.25) is 5.78 Å². The molecule has 2 rings (SSSR count). The largest absolute Gasteiger partial charge is 0.332 e. The SMILES string of the molecule is Cc1ccc(CC(=O)c2nccn2C)cc1. The molecule has 1 aromatic heterocycles. The molecule has 0 saturated carbocycles. The van der Waals surface area contributed by atoms with E-state index in [9.17, 15) is 4.79 Å². The number of rotatable bonds is 3. The Hall–Kier alpha value is -1.90. The van der Waals surface area contributed by atoms with Crippen molar-refractivity contribution >= 4 is 5.78 Å². The number of imidazole rings is 1. The second kappa shape index (κ2) is 4.31. The van der Waals surface area contributed by atoms with Gasteiger partial charge < -0.3 is 4.57 Å². The average molecular weight is 214 g/mol. The van der Waals surface area contributed by atoms with Gasteiger partial charge in [0.05, 0.1) is 0 Å². The second-order valence-electron chi connectivity index (χ2n) is 3.95. The van der Waals surface area contributed by atoms with E-state index >= 15 is 0 Å². The third-order valence-electron chi connectivity index (χ3n) is 2.56. The zero-order chi connectivity index (χ0) is 11.5. The summed E-state index contributed by atoms with van der Waals surface area (Å²) >= 11 is 0. The maximum absolute atomic E-state index is 11.9. The molecule has 0 spiro atoms. The van der Waals surface area contributed by atoms with Crippen LogP contribution in [0.2, 0.25) is 0 Å². The fourth-order valence-electron chi connectivity index (χ4n) is 1.60. The quantitative estimate of drug-likeness (QED) is 0.734. The van der Waals surface area contributed by atoms with Gasteiger partial charge in [0.1, 0.15) is 0 Å². The smallest absolute Gasteiger partial charge is 0.202 e. The Morgan fingerprint density at radius 3 is 2.56 bits per heavy atom. The number of hydrogen-bond acceptors (Lipinski definition) is 2. The van der Waals surface area contributed by atoms with Crippen LogP contribution in [0, 0.1) is 6.92 Å². The van der Waals surface area contributed by atoms with Crippen LogP contribution in [0.4, 0.5) is 0 Å². The van der Waals surface area contributed by atoms with Crippen LogP contribution in [0.3, 0.4) is 0 Å². The first-order valence-corrected chi connectivity index (χ1v) is 5.23. The fourth-order valence-corrected chi connectivity index (χ4v) is 1.60. The molecule has 0 N–H and O–H groups in total. The van der Waals surface area contributed by atoms with E-state index in [1.165, 1.54) is 5.56 Å². The molecule has 0 atom stereocenters. The summed E-state index contributed by atoms with van der Waals surface area (Å²) in [4.78, 5) is 15.9. The van der Waals surface area contributed by atoms with Gasteiger partial charge in [-0.3, -0.25) is 4.79 Å². The predicted octanol–water partition coefficient (Wildman–Crippen LogP) is 2.15. The highest BCUT2D eigenvalue weighted by Gasteiger charge is 2.11. The van der Waals surface area contributed by atoms with Crippen LogP contribution in [0.15, 0.2) is 36.7 Å². The average Bonchev–Trinajstić information content (AvgIpc) is 2.68. The molecule has 0 radical (unpaired) electrons. The molecule has 0 aliphatic carbocycles. The lowest BCUT2D eigenvalue weighted by Crippen LogP contribution is -2.10.